The van der Waals surface area contributed by atoms with Crippen molar-refractivity contribution in [3.8, 4) is 0 Å². The Labute approximate surface area is 120 Å². The maximum Gasteiger partial charge on any atom is 0.269 e. The third-order valence-corrected chi connectivity index (χ3v) is 3.88. The third-order valence-electron chi connectivity index (χ3n) is 3.88. The fourth-order valence-electron chi connectivity index (χ4n) is 3.17. The molecule has 110 valence electrons. The number of hydrogen-bond acceptors (Lipinski definition) is 4. The molecule has 0 radical (unpaired) electrons. The summed E-state index contributed by atoms with van der Waals surface area (Å²) < 4.78 is 0. The summed E-state index contributed by atoms with van der Waals surface area (Å²) in [4.78, 5) is 13.0. The van der Waals surface area contributed by atoms with Gasteiger partial charge in [0.05, 0.1) is 4.92 Å². The SMILES string of the molecule is CCC(c1cccc([N+](=O)[O-])c1)N1CC(C)NC(C)C1. The van der Waals surface area contributed by atoms with Gasteiger partial charge in [-0.25, -0.2) is 0 Å². The number of nitro groups is 1. The van der Waals surface area contributed by atoms with Crippen LogP contribution < -0.4 is 5.32 Å². The Balaban J connectivity index is 2.23. The van der Waals surface area contributed by atoms with Crippen molar-refractivity contribution in [2.45, 2.75) is 45.3 Å². The Morgan fingerprint density at radius 1 is 1.40 bits per heavy atom. The molecule has 1 aliphatic rings. The van der Waals surface area contributed by atoms with Crippen LogP contribution in [0.15, 0.2) is 24.3 Å². The first kappa shape index (κ1) is 14.9. The van der Waals surface area contributed by atoms with E-state index in [-0.39, 0.29) is 16.7 Å². The second-order valence-electron chi connectivity index (χ2n) is 5.70. The largest absolute Gasteiger partial charge is 0.309 e. The number of nitrogens with one attached hydrogen (secondary N) is 1. The summed E-state index contributed by atoms with van der Waals surface area (Å²) >= 11 is 0. The van der Waals surface area contributed by atoms with E-state index in [1.807, 2.05) is 6.07 Å². The van der Waals surface area contributed by atoms with Gasteiger partial charge in [0.15, 0.2) is 0 Å². The summed E-state index contributed by atoms with van der Waals surface area (Å²) in [6.45, 7) is 8.46. The minimum atomic E-state index is -0.320. The zero-order chi connectivity index (χ0) is 14.7. The van der Waals surface area contributed by atoms with E-state index in [2.05, 4.69) is 31.0 Å². The summed E-state index contributed by atoms with van der Waals surface area (Å²) in [6, 6.07) is 8.20. The number of nitrogens with zero attached hydrogens (tertiary/aromatic N) is 2. The highest BCUT2D eigenvalue weighted by Gasteiger charge is 2.27. The molecule has 1 heterocycles. The minimum Gasteiger partial charge on any atom is -0.309 e. The van der Waals surface area contributed by atoms with E-state index in [9.17, 15) is 10.1 Å². The smallest absolute Gasteiger partial charge is 0.269 e. The summed E-state index contributed by atoms with van der Waals surface area (Å²) in [5, 5.41) is 14.4. The maximum absolute atomic E-state index is 10.9. The Morgan fingerprint density at radius 2 is 2.05 bits per heavy atom. The highest BCUT2D eigenvalue weighted by atomic mass is 16.6. The lowest BCUT2D eigenvalue weighted by Gasteiger charge is -2.40. The Kier molecular flexibility index (Phi) is 4.73. The second-order valence-corrected chi connectivity index (χ2v) is 5.70. The normalized spacial score (nSPS) is 25.4. The topological polar surface area (TPSA) is 58.4 Å². The van der Waals surface area contributed by atoms with Crippen molar-refractivity contribution in [3.05, 3.63) is 39.9 Å². The molecule has 0 spiro atoms. The monoisotopic (exact) mass is 277 g/mol. The summed E-state index contributed by atoms with van der Waals surface area (Å²) in [5.74, 6) is 0. The van der Waals surface area contributed by atoms with Crippen molar-refractivity contribution in [3.63, 3.8) is 0 Å². The molecule has 0 aliphatic carbocycles. The molecule has 3 atom stereocenters. The molecule has 5 heteroatoms. The molecular weight excluding hydrogens is 254 g/mol. The quantitative estimate of drug-likeness (QED) is 0.679. The van der Waals surface area contributed by atoms with E-state index < -0.39 is 0 Å². The molecule has 3 unspecified atom stereocenters. The molecule has 20 heavy (non-hydrogen) atoms. The summed E-state index contributed by atoms with van der Waals surface area (Å²) in [6.07, 6.45) is 0.959. The van der Waals surface area contributed by atoms with E-state index >= 15 is 0 Å². The van der Waals surface area contributed by atoms with E-state index in [1.54, 1.807) is 18.2 Å². The Morgan fingerprint density at radius 3 is 2.60 bits per heavy atom. The van der Waals surface area contributed by atoms with Crippen LogP contribution in [0.5, 0.6) is 0 Å². The summed E-state index contributed by atoms with van der Waals surface area (Å²) in [7, 11) is 0. The lowest BCUT2D eigenvalue weighted by atomic mass is 9.99. The van der Waals surface area contributed by atoms with Crippen molar-refractivity contribution in [2.24, 2.45) is 0 Å². The maximum atomic E-state index is 10.9. The van der Waals surface area contributed by atoms with Crippen molar-refractivity contribution in [2.75, 3.05) is 13.1 Å². The molecule has 1 aliphatic heterocycles. The molecule has 0 saturated carbocycles. The Bertz CT molecular complexity index is 468. The number of rotatable bonds is 4. The van der Waals surface area contributed by atoms with E-state index in [1.165, 1.54) is 0 Å². The average Bonchev–Trinajstić information content (AvgIpc) is 2.39. The fraction of sp³-hybridized carbons (Fsp3) is 0.600. The minimum absolute atomic E-state index is 0.178. The number of non-ortho nitro benzene ring substituents is 1. The zero-order valence-electron chi connectivity index (χ0n) is 12.4. The van der Waals surface area contributed by atoms with Gasteiger partial charge in [-0.15, -0.1) is 0 Å². The molecule has 2 rings (SSSR count). The van der Waals surface area contributed by atoms with Crippen molar-refractivity contribution in [1.82, 2.24) is 10.2 Å². The number of benzene rings is 1. The molecular formula is C15H23N3O2. The first-order valence-electron chi connectivity index (χ1n) is 7.25. The van der Waals surface area contributed by atoms with Gasteiger partial charge in [-0.2, -0.15) is 0 Å². The highest BCUT2D eigenvalue weighted by Crippen LogP contribution is 2.28. The van der Waals surface area contributed by atoms with E-state index in [0.29, 0.717) is 12.1 Å². The zero-order valence-corrected chi connectivity index (χ0v) is 12.4. The van der Waals surface area contributed by atoms with Crippen LogP contribution in [-0.2, 0) is 0 Å². The lowest BCUT2D eigenvalue weighted by Crippen LogP contribution is -2.54. The molecule has 5 nitrogen and oxygen atoms in total. The predicted molar refractivity (Wildman–Crippen MR) is 79.8 cm³/mol. The van der Waals surface area contributed by atoms with Crippen LogP contribution in [0.4, 0.5) is 5.69 Å². The van der Waals surface area contributed by atoms with Gasteiger partial charge < -0.3 is 5.32 Å². The highest BCUT2D eigenvalue weighted by molar-refractivity contribution is 5.35. The van der Waals surface area contributed by atoms with Crippen LogP contribution in [0, 0.1) is 10.1 Å². The van der Waals surface area contributed by atoms with Crippen LogP contribution >= 0.6 is 0 Å². The number of piperazine rings is 1. The molecule has 1 fully saturated rings. The first-order chi connectivity index (χ1) is 9.51. The first-order valence-corrected chi connectivity index (χ1v) is 7.25. The van der Waals surface area contributed by atoms with Gasteiger partial charge in [-0.1, -0.05) is 19.1 Å². The number of nitro benzene ring substituents is 1. The number of hydrogen-bond donors (Lipinski definition) is 1. The van der Waals surface area contributed by atoms with Crippen molar-refractivity contribution < 1.29 is 4.92 Å². The van der Waals surface area contributed by atoms with Crippen molar-refractivity contribution >= 4 is 5.69 Å². The van der Waals surface area contributed by atoms with Crippen LogP contribution in [0.1, 0.15) is 38.8 Å². The molecule has 1 aromatic carbocycles. The van der Waals surface area contributed by atoms with Crippen LogP contribution in [0.25, 0.3) is 0 Å². The van der Waals surface area contributed by atoms with Crippen LogP contribution in [0.3, 0.4) is 0 Å². The fourth-order valence-corrected chi connectivity index (χ4v) is 3.17. The van der Waals surface area contributed by atoms with Gasteiger partial charge in [-0.05, 0) is 25.8 Å². The lowest BCUT2D eigenvalue weighted by molar-refractivity contribution is -0.385. The molecule has 0 amide bonds. The van der Waals surface area contributed by atoms with Gasteiger partial charge in [0.1, 0.15) is 0 Å². The van der Waals surface area contributed by atoms with Gasteiger partial charge in [0.25, 0.3) is 5.69 Å². The van der Waals surface area contributed by atoms with Gasteiger partial charge in [0, 0.05) is 43.3 Å². The molecule has 1 aromatic rings. The molecule has 1 N–H and O–H groups in total. The second kappa shape index (κ2) is 6.33. The summed E-state index contributed by atoms with van der Waals surface area (Å²) in [5.41, 5.74) is 1.22. The predicted octanol–water partition coefficient (Wildman–Crippen LogP) is 2.73. The molecule has 0 aromatic heterocycles. The standard InChI is InChI=1S/C15H23N3O2/c1-4-15(17-9-11(2)16-12(3)10-17)13-6-5-7-14(8-13)18(19)20/h5-8,11-12,15-16H,4,9-10H2,1-3H3. The van der Waals surface area contributed by atoms with E-state index in [4.69, 9.17) is 0 Å². The van der Waals surface area contributed by atoms with Gasteiger partial charge in [0.2, 0.25) is 0 Å². The van der Waals surface area contributed by atoms with Crippen LogP contribution in [-0.4, -0.2) is 35.0 Å². The third kappa shape index (κ3) is 3.35. The van der Waals surface area contributed by atoms with Gasteiger partial charge in [-0.3, -0.25) is 15.0 Å². The van der Waals surface area contributed by atoms with Crippen molar-refractivity contribution in [1.29, 1.82) is 0 Å². The van der Waals surface area contributed by atoms with Crippen LogP contribution in [0.2, 0.25) is 0 Å². The molecule has 1 saturated heterocycles. The average molecular weight is 277 g/mol. The van der Waals surface area contributed by atoms with E-state index in [0.717, 1.165) is 25.1 Å². The molecule has 0 bridgehead atoms. The van der Waals surface area contributed by atoms with Gasteiger partial charge >= 0.3 is 0 Å². The Hall–Kier alpha value is -1.46.